The molecule has 2 atom stereocenters. The minimum Gasteiger partial charge on any atom is -0.496 e. The van der Waals surface area contributed by atoms with E-state index >= 15 is 0 Å². The average Bonchev–Trinajstić information content (AvgIpc) is 3.07. The van der Waals surface area contributed by atoms with Crippen LogP contribution in [0.25, 0.3) is 0 Å². The first-order valence-electron chi connectivity index (χ1n) is 11.3. The van der Waals surface area contributed by atoms with E-state index in [2.05, 4.69) is 0 Å². The summed E-state index contributed by atoms with van der Waals surface area (Å²) in [5, 5.41) is 0. The second kappa shape index (κ2) is 10.8. The third kappa shape index (κ3) is 4.88. The molecule has 0 aromatic heterocycles. The van der Waals surface area contributed by atoms with Gasteiger partial charge in [-0.15, -0.1) is 0 Å². The number of nitrogens with zero attached hydrogens (tertiary/aromatic N) is 2. The van der Waals surface area contributed by atoms with Crippen LogP contribution in [0.4, 0.5) is 0 Å². The van der Waals surface area contributed by atoms with Gasteiger partial charge in [0.15, 0.2) is 0 Å². The van der Waals surface area contributed by atoms with Crippen molar-refractivity contribution in [3.63, 3.8) is 0 Å². The van der Waals surface area contributed by atoms with Gasteiger partial charge in [0.05, 0.1) is 32.3 Å². The Labute approximate surface area is 193 Å². The number of carbonyl (C=O) groups excluding carboxylic acids is 4. The number of amides is 3. The molecule has 3 amide bonds. The highest BCUT2D eigenvalue weighted by Gasteiger charge is 2.55. The fourth-order valence-electron chi connectivity index (χ4n) is 4.77. The van der Waals surface area contributed by atoms with Gasteiger partial charge in [0.25, 0.3) is 0 Å². The molecule has 0 spiro atoms. The van der Waals surface area contributed by atoms with Gasteiger partial charge in [0.1, 0.15) is 11.8 Å². The number of hydrogen-bond donors (Lipinski definition) is 0. The van der Waals surface area contributed by atoms with Crippen LogP contribution in [0.1, 0.15) is 44.6 Å². The maximum Gasteiger partial charge on any atom is 0.328 e. The molecule has 1 aromatic rings. The highest BCUT2D eigenvalue weighted by atomic mass is 16.5. The minimum absolute atomic E-state index is 0.106. The molecule has 0 bridgehead atoms. The highest BCUT2D eigenvalue weighted by molar-refractivity contribution is 6.11. The molecule has 0 radical (unpaired) electrons. The molecule has 2 saturated heterocycles. The summed E-state index contributed by atoms with van der Waals surface area (Å²) in [7, 11) is 2.98. The zero-order valence-electron chi connectivity index (χ0n) is 19.5. The molecule has 0 aliphatic carbocycles. The van der Waals surface area contributed by atoms with Crippen molar-refractivity contribution in [2.75, 3.05) is 40.5 Å². The first-order chi connectivity index (χ1) is 15.9. The van der Waals surface area contributed by atoms with E-state index in [4.69, 9.17) is 14.2 Å². The van der Waals surface area contributed by atoms with E-state index in [-0.39, 0.29) is 44.4 Å². The summed E-state index contributed by atoms with van der Waals surface area (Å²) in [4.78, 5) is 55.4. The number of para-hydroxylation sites is 1. The Morgan fingerprint density at radius 3 is 2.61 bits per heavy atom. The Morgan fingerprint density at radius 2 is 1.91 bits per heavy atom. The van der Waals surface area contributed by atoms with Crippen LogP contribution >= 0.6 is 0 Å². The van der Waals surface area contributed by atoms with E-state index in [0.29, 0.717) is 24.3 Å². The second-order valence-corrected chi connectivity index (χ2v) is 8.33. The van der Waals surface area contributed by atoms with Gasteiger partial charge in [-0.3, -0.25) is 19.3 Å². The normalized spacial score (nSPS) is 23.1. The van der Waals surface area contributed by atoms with Gasteiger partial charge >= 0.3 is 5.97 Å². The molecule has 2 aliphatic heterocycles. The summed E-state index contributed by atoms with van der Waals surface area (Å²) in [6, 6.07) is 6.26. The van der Waals surface area contributed by atoms with E-state index in [0.717, 1.165) is 17.7 Å². The van der Waals surface area contributed by atoms with Crippen molar-refractivity contribution in [3.8, 4) is 5.75 Å². The molecule has 0 N–H and O–H groups in total. The van der Waals surface area contributed by atoms with Gasteiger partial charge in [-0.05, 0) is 32.3 Å². The predicted octanol–water partition coefficient (Wildman–Crippen LogP) is 1.67. The van der Waals surface area contributed by atoms with Crippen LogP contribution in [0.2, 0.25) is 0 Å². The number of likely N-dealkylation sites (tertiary alicyclic amines) is 2. The van der Waals surface area contributed by atoms with Crippen molar-refractivity contribution in [1.82, 2.24) is 9.80 Å². The number of rotatable bonds is 9. The maximum atomic E-state index is 13.7. The Morgan fingerprint density at radius 1 is 1.15 bits per heavy atom. The SMILES string of the molecule is CCOC(=O)[C@H]1CCCCN1C(=O)C[C@]1(c2ccccc2OC)CC(=O)N(CCOC)C1=O. The standard InChI is InChI=1S/C24H32N2O7/c1-4-33-22(29)18-10-7-8-12-25(18)20(27)15-24(17-9-5-6-11-19(17)32-3)16-21(28)26(23(24)30)13-14-31-2/h5-6,9,11,18H,4,7-8,10,12-16H2,1-3H3/t18-,24-/m1/s1. The Bertz CT molecular complexity index is 903. The smallest absolute Gasteiger partial charge is 0.328 e. The lowest BCUT2D eigenvalue weighted by atomic mass is 9.75. The van der Waals surface area contributed by atoms with E-state index in [1.165, 1.54) is 19.1 Å². The molecule has 33 heavy (non-hydrogen) atoms. The molecule has 9 heteroatoms. The summed E-state index contributed by atoms with van der Waals surface area (Å²) in [5.41, 5.74) is -0.922. The fourth-order valence-corrected chi connectivity index (χ4v) is 4.77. The number of benzene rings is 1. The molecule has 2 fully saturated rings. The number of imide groups is 1. The molecular weight excluding hydrogens is 428 g/mol. The van der Waals surface area contributed by atoms with Crippen LogP contribution in [0.3, 0.4) is 0 Å². The molecule has 3 rings (SSSR count). The number of ether oxygens (including phenoxy) is 3. The second-order valence-electron chi connectivity index (χ2n) is 8.33. The molecule has 1 aromatic carbocycles. The van der Waals surface area contributed by atoms with Crippen molar-refractivity contribution < 1.29 is 33.4 Å². The van der Waals surface area contributed by atoms with Crippen LogP contribution in [0, 0.1) is 0 Å². The lowest BCUT2D eigenvalue weighted by Gasteiger charge is -2.37. The van der Waals surface area contributed by atoms with E-state index in [9.17, 15) is 19.2 Å². The average molecular weight is 461 g/mol. The number of methoxy groups -OCH3 is 2. The van der Waals surface area contributed by atoms with Gasteiger partial charge in [0, 0.05) is 32.1 Å². The fraction of sp³-hybridized carbons (Fsp3) is 0.583. The zero-order chi connectivity index (χ0) is 24.0. The minimum atomic E-state index is -1.41. The van der Waals surface area contributed by atoms with Gasteiger partial charge in [-0.25, -0.2) is 4.79 Å². The van der Waals surface area contributed by atoms with Crippen molar-refractivity contribution >= 4 is 23.7 Å². The Kier molecular flexibility index (Phi) is 8.07. The molecule has 2 aliphatic rings. The Hall–Kier alpha value is -2.94. The molecule has 2 heterocycles. The summed E-state index contributed by atoms with van der Waals surface area (Å²) in [6.45, 7) is 2.66. The maximum absolute atomic E-state index is 13.7. The summed E-state index contributed by atoms with van der Waals surface area (Å²) < 4.78 is 15.7. The number of hydrogen-bond acceptors (Lipinski definition) is 7. The van der Waals surface area contributed by atoms with E-state index in [1.807, 2.05) is 0 Å². The van der Waals surface area contributed by atoms with Crippen molar-refractivity contribution in [2.24, 2.45) is 0 Å². The first kappa shape index (κ1) is 24.7. The van der Waals surface area contributed by atoms with Gasteiger partial charge in [-0.1, -0.05) is 18.2 Å². The van der Waals surface area contributed by atoms with E-state index < -0.39 is 23.3 Å². The van der Waals surface area contributed by atoms with Gasteiger partial charge in [0.2, 0.25) is 17.7 Å². The largest absolute Gasteiger partial charge is 0.496 e. The quantitative estimate of drug-likeness (QED) is 0.408. The third-order valence-electron chi connectivity index (χ3n) is 6.38. The summed E-state index contributed by atoms with van der Waals surface area (Å²) >= 11 is 0. The van der Waals surface area contributed by atoms with Crippen LogP contribution in [-0.2, 0) is 34.1 Å². The third-order valence-corrected chi connectivity index (χ3v) is 6.38. The monoisotopic (exact) mass is 460 g/mol. The molecule has 0 saturated carbocycles. The van der Waals surface area contributed by atoms with Crippen LogP contribution in [-0.4, -0.2) is 80.1 Å². The lowest BCUT2D eigenvalue weighted by Crippen LogP contribution is -2.51. The summed E-state index contributed by atoms with van der Waals surface area (Å²) in [6.07, 6.45) is 1.69. The molecular formula is C24H32N2O7. The first-order valence-corrected chi connectivity index (χ1v) is 11.3. The highest BCUT2D eigenvalue weighted by Crippen LogP contribution is 2.44. The number of piperidine rings is 1. The Balaban J connectivity index is 1.99. The van der Waals surface area contributed by atoms with Crippen LogP contribution in [0.5, 0.6) is 5.75 Å². The lowest BCUT2D eigenvalue weighted by molar-refractivity contribution is -0.157. The topological polar surface area (TPSA) is 102 Å². The summed E-state index contributed by atoms with van der Waals surface area (Å²) in [5.74, 6) is -1.18. The van der Waals surface area contributed by atoms with Crippen LogP contribution in [0.15, 0.2) is 24.3 Å². The zero-order valence-corrected chi connectivity index (χ0v) is 19.5. The van der Waals surface area contributed by atoms with Crippen LogP contribution < -0.4 is 4.74 Å². The van der Waals surface area contributed by atoms with Gasteiger partial charge < -0.3 is 19.1 Å². The number of carbonyl (C=O) groups is 4. The van der Waals surface area contributed by atoms with Crippen molar-refractivity contribution in [2.45, 2.75) is 50.5 Å². The van der Waals surface area contributed by atoms with Gasteiger partial charge in [-0.2, -0.15) is 0 Å². The van der Waals surface area contributed by atoms with E-state index in [1.54, 1.807) is 31.2 Å². The predicted molar refractivity (Wildman–Crippen MR) is 118 cm³/mol. The van der Waals surface area contributed by atoms with Crippen molar-refractivity contribution in [3.05, 3.63) is 29.8 Å². The molecule has 9 nitrogen and oxygen atoms in total. The molecule has 180 valence electrons. The molecule has 0 unspecified atom stereocenters. The van der Waals surface area contributed by atoms with Crippen molar-refractivity contribution in [1.29, 1.82) is 0 Å². The number of esters is 1.